The largest absolute Gasteiger partial charge is 0.461 e. The summed E-state index contributed by atoms with van der Waals surface area (Å²) in [6.45, 7) is 0.148. The molecule has 1 heterocycles. The molecule has 0 saturated heterocycles. The molecular formula is C20H16ClF2NO4. The number of nitrogens with zero attached hydrogens (tertiary/aromatic N) is 1. The first-order valence-corrected chi connectivity index (χ1v) is 8.66. The lowest BCUT2D eigenvalue weighted by Crippen LogP contribution is -2.06. The Balaban J connectivity index is 2.04. The zero-order chi connectivity index (χ0) is 20.1. The third-order valence-electron chi connectivity index (χ3n) is 4.00. The third kappa shape index (κ3) is 4.44. The number of hydrogen-bond acceptors (Lipinski definition) is 5. The van der Waals surface area contributed by atoms with E-state index in [9.17, 15) is 13.6 Å². The van der Waals surface area contributed by atoms with E-state index in [2.05, 4.69) is 4.98 Å². The average Bonchev–Trinajstić information content (AvgIpc) is 2.81. The van der Waals surface area contributed by atoms with Gasteiger partial charge in [0.05, 0.1) is 23.8 Å². The lowest BCUT2D eigenvalue weighted by molar-refractivity contribution is -0.0236. The molecule has 0 fully saturated rings. The molecule has 0 saturated carbocycles. The molecule has 146 valence electrons. The monoisotopic (exact) mass is 407 g/mol. The Morgan fingerprint density at radius 3 is 2.64 bits per heavy atom. The number of fused-ring (bicyclic) bond motifs is 2. The summed E-state index contributed by atoms with van der Waals surface area (Å²) in [6.07, 6.45) is -0.576. The maximum absolute atomic E-state index is 13.4. The molecule has 0 amide bonds. The van der Waals surface area contributed by atoms with Crippen molar-refractivity contribution in [2.75, 3.05) is 27.1 Å². The molecule has 0 unspecified atom stereocenters. The average molecular weight is 408 g/mol. The van der Waals surface area contributed by atoms with Gasteiger partial charge < -0.3 is 14.2 Å². The van der Waals surface area contributed by atoms with E-state index >= 15 is 0 Å². The molecule has 28 heavy (non-hydrogen) atoms. The molecule has 0 aliphatic carbocycles. The van der Waals surface area contributed by atoms with Gasteiger partial charge in [0.15, 0.2) is 18.0 Å². The summed E-state index contributed by atoms with van der Waals surface area (Å²) < 4.78 is 41.8. The summed E-state index contributed by atoms with van der Waals surface area (Å²) in [7, 11) is 1.50. The lowest BCUT2D eigenvalue weighted by Gasteiger charge is -2.10. The molecule has 5 nitrogen and oxygen atoms in total. The van der Waals surface area contributed by atoms with Crippen molar-refractivity contribution in [2.24, 2.45) is 0 Å². The maximum Gasteiger partial charge on any atom is 0.312 e. The Morgan fingerprint density at radius 1 is 1.11 bits per heavy atom. The number of rotatable bonds is 7. The third-order valence-corrected chi connectivity index (χ3v) is 4.21. The number of methoxy groups -OCH3 is 1. The van der Waals surface area contributed by atoms with Crippen LogP contribution in [0.1, 0.15) is 5.56 Å². The van der Waals surface area contributed by atoms with Crippen molar-refractivity contribution in [3.63, 3.8) is 0 Å². The fourth-order valence-electron chi connectivity index (χ4n) is 2.67. The zero-order valence-corrected chi connectivity index (χ0v) is 15.6. The fourth-order valence-corrected chi connectivity index (χ4v) is 2.82. The zero-order valence-electron chi connectivity index (χ0n) is 14.9. The van der Waals surface area contributed by atoms with E-state index < -0.39 is 11.8 Å². The van der Waals surface area contributed by atoms with Crippen molar-refractivity contribution >= 4 is 39.0 Å². The molecule has 0 aliphatic rings. The molecule has 3 aromatic rings. The van der Waals surface area contributed by atoms with E-state index in [4.69, 9.17) is 25.8 Å². The van der Waals surface area contributed by atoms with Crippen molar-refractivity contribution in [1.29, 1.82) is 0 Å². The van der Waals surface area contributed by atoms with E-state index in [1.807, 2.05) is 0 Å². The Kier molecular flexibility index (Phi) is 6.51. The summed E-state index contributed by atoms with van der Waals surface area (Å²) in [6, 6.07) is 9.28. The Hall–Kier alpha value is -2.61. The number of pyridine rings is 1. The molecule has 0 spiro atoms. The number of benzene rings is 1. The van der Waals surface area contributed by atoms with Crippen molar-refractivity contribution < 1.29 is 23.0 Å². The van der Waals surface area contributed by atoms with Crippen LogP contribution in [0.15, 0.2) is 53.5 Å². The molecule has 0 aliphatic heterocycles. The smallest absolute Gasteiger partial charge is 0.312 e. The van der Waals surface area contributed by atoms with E-state index in [-0.39, 0.29) is 29.8 Å². The Labute approximate surface area is 164 Å². The molecule has 3 rings (SSSR count). The first-order valence-electron chi connectivity index (χ1n) is 8.28. The number of ether oxygens (including phenoxy) is 3. The second kappa shape index (κ2) is 9.05. The van der Waals surface area contributed by atoms with Gasteiger partial charge in [-0.2, -0.15) is 8.78 Å². The molecule has 0 N–H and O–H groups in total. The minimum Gasteiger partial charge on any atom is -0.461 e. The number of halogens is 3. The van der Waals surface area contributed by atoms with Gasteiger partial charge in [-0.3, -0.25) is 9.78 Å². The predicted molar refractivity (Wildman–Crippen MR) is 103 cm³/mol. The van der Waals surface area contributed by atoms with Gasteiger partial charge in [0.25, 0.3) is 0 Å². The molecule has 2 aromatic carbocycles. The van der Waals surface area contributed by atoms with Crippen LogP contribution in [0.5, 0.6) is 0 Å². The van der Waals surface area contributed by atoms with Crippen LogP contribution in [0.2, 0.25) is 5.02 Å². The summed E-state index contributed by atoms with van der Waals surface area (Å²) in [5, 5.41) is 1.44. The van der Waals surface area contributed by atoms with Gasteiger partial charge >= 0.3 is 6.08 Å². The molecule has 1 aromatic heterocycles. The van der Waals surface area contributed by atoms with Gasteiger partial charge in [0.1, 0.15) is 0 Å². The van der Waals surface area contributed by atoms with Crippen LogP contribution in [0.25, 0.3) is 27.4 Å². The summed E-state index contributed by atoms with van der Waals surface area (Å²) in [5.74, 6) is -0.648. The van der Waals surface area contributed by atoms with E-state index in [1.54, 1.807) is 18.2 Å². The van der Waals surface area contributed by atoms with Crippen molar-refractivity contribution in [2.45, 2.75) is 0 Å². The highest BCUT2D eigenvalue weighted by Gasteiger charge is 2.13. The van der Waals surface area contributed by atoms with Gasteiger partial charge in [-0.1, -0.05) is 29.8 Å². The van der Waals surface area contributed by atoms with Crippen molar-refractivity contribution in [3.05, 3.63) is 69.5 Å². The SMILES string of the molecule is COCCOCOC(=C(F)F)c1ccc2ccc3ncc(Cl)cc3c(=O)c2c1. The normalized spacial score (nSPS) is 11.0. The molecular weight excluding hydrogens is 392 g/mol. The van der Waals surface area contributed by atoms with Gasteiger partial charge in [-0.05, 0) is 23.6 Å². The van der Waals surface area contributed by atoms with Crippen LogP contribution in [-0.4, -0.2) is 32.1 Å². The van der Waals surface area contributed by atoms with E-state index in [0.717, 1.165) is 0 Å². The number of hydrogen-bond donors (Lipinski definition) is 0. The summed E-state index contributed by atoms with van der Waals surface area (Å²) in [5.41, 5.74) is 0.165. The second-order valence-electron chi connectivity index (χ2n) is 5.80. The predicted octanol–water partition coefficient (Wildman–Crippen LogP) is 4.60. The van der Waals surface area contributed by atoms with Crippen LogP contribution < -0.4 is 5.43 Å². The van der Waals surface area contributed by atoms with Crippen LogP contribution in [0.4, 0.5) is 8.78 Å². The second-order valence-corrected chi connectivity index (χ2v) is 6.24. The van der Waals surface area contributed by atoms with E-state index in [0.29, 0.717) is 27.9 Å². The van der Waals surface area contributed by atoms with Gasteiger partial charge in [0.2, 0.25) is 0 Å². The highest BCUT2D eigenvalue weighted by Crippen LogP contribution is 2.25. The topological polar surface area (TPSA) is 57.6 Å². The highest BCUT2D eigenvalue weighted by atomic mass is 35.5. The fraction of sp³-hybridized carbons (Fsp3) is 0.200. The van der Waals surface area contributed by atoms with Gasteiger partial charge in [-0.25, -0.2) is 0 Å². The maximum atomic E-state index is 13.4. The molecule has 0 radical (unpaired) electrons. The first kappa shape index (κ1) is 20.1. The van der Waals surface area contributed by atoms with Crippen molar-refractivity contribution in [1.82, 2.24) is 4.98 Å². The minimum absolute atomic E-state index is 0.0641. The quantitative estimate of drug-likeness (QED) is 0.325. The minimum atomic E-state index is -2.02. The summed E-state index contributed by atoms with van der Waals surface area (Å²) in [4.78, 5) is 17.1. The molecule has 8 heteroatoms. The Bertz CT molecular complexity index is 1100. The Morgan fingerprint density at radius 2 is 1.89 bits per heavy atom. The highest BCUT2D eigenvalue weighted by molar-refractivity contribution is 6.31. The van der Waals surface area contributed by atoms with Crippen LogP contribution in [-0.2, 0) is 14.2 Å². The standard InChI is InChI=1S/C20H16ClF2NO4/c1-26-6-7-27-11-28-19(20(22)23)13-3-2-12-4-5-17-16(9-14(21)10-24-17)18(25)15(12)8-13/h2-5,8-10H,6-7,11H2,1H3. The molecule has 0 atom stereocenters. The van der Waals surface area contributed by atoms with Gasteiger partial charge in [-0.15, -0.1) is 0 Å². The van der Waals surface area contributed by atoms with Crippen LogP contribution in [0.3, 0.4) is 0 Å². The molecule has 0 bridgehead atoms. The first-order chi connectivity index (χ1) is 13.5. The number of aromatic nitrogens is 1. The van der Waals surface area contributed by atoms with E-state index in [1.165, 1.54) is 31.5 Å². The van der Waals surface area contributed by atoms with Crippen molar-refractivity contribution in [3.8, 4) is 0 Å². The summed E-state index contributed by atoms with van der Waals surface area (Å²) >= 11 is 5.95. The van der Waals surface area contributed by atoms with Crippen LogP contribution >= 0.6 is 11.6 Å². The van der Waals surface area contributed by atoms with Gasteiger partial charge in [0, 0.05) is 29.6 Å². The van der Waals surface area contributed by atoms with Crippen LogP contribution in [0, 0.1) is 0 Å². The lowest BCUT2D eigenvalue weighted by atomic mass is 10.1.